The van der Waals surface area contributed by atoms with Crippen molar-refractivity contribution in [1.82, 2.24) is 0 Å². The van der Waals surface area contributed by atoms with Crippen LogP contribution in [0.3, 0.4) is 0 Å². The lowest BCUT2D eigenvalue weighted by molar-refractivity contribution is -0.140. The molecule has 17 heavy (non-hydrogen) atoms. The number of benzene rings is 1. The number of aliphatic carboxylic acids is 1. The first-order valence-corrected chi connectivity index (χ1v) is 5.70. The molecule has 0 aliphatic carbocycles. The second kappa shape index (κ2) is 7.81. The Kier molecular flexibility index (Phi) is 6.29. The van der Waals surface area contributed by atoms with Gasteiger partial charge in [-0.1, -0.05) is 30.3 Å². The molecule has 0 radical (unpaired) electrons. The second-order valence-corrected chi connectivity index (χ2v) is 3.56. The largest absolute Gasteiger partial charge is 0.481 e. The van der Waals surface area contributed by atoms with Gasteiger partial charge in [0.2, 0.25) is 0 Å². The first kappa shape index (κ1) is 13.7. The van der Waals surface area contributed by atoms with E-state index in [0.29, 0.717) is 19.8 Å². The minimum absolute atomic E-state index is 0.0316. The minimum atomic E-state index is -0.865. The summed E-state index contributed by atoms with van der Waals surface area (Å²) in [5.74, 6) is -0.865. The third-order valence-electron chi connectivity index (χ3n) is 2.28. The molecule has 94 valence electrons. The maximum Gasteiger partial charge on any atom is 0.306 e. The predicted octanol–water partition coefficient (Wildman–Crippen LogP) is 2.26. The van der Waals surface area contributed by atoms with E-state index in [4.69, 9.17) is 14.6 Å². The summed E-state index contributed by atoms with van der Waals surface area (Å²) in [5, 5.41) is 8.84. The molecule has 0 aromatic heterocycles. The van der Waals surface area contributed by atoms with Crippen LogP contribution < -0.4 is 0 Å². The topological polar surface area (TPSA) is 55.8 Å². The van der Waals surface area contributed by atoms with Gasteiger partial charge in [-0.2, -0.15) is 0 Å². The van der Waals surface area contributed by atoms with E-state index in [-0.39, 0.29) is 6.42 Å². The van der Waals surface area contributed by atoms with Gasteiger partial charge in [0.25, 0.3) is 0 Å². The molecule has 1 aromatic carbocycles. The summed E-state index contributed by atoms with van der Waals surface area (Å²) < 4.78 is 10.7. The highest BCUT2D eigenvalue weighted by Crippen LogP contribution is 2.20. The average molecular weight is 238 g/mol. The van der Waals surface area contributed by atoms with Gasteiger partial charge in [0, 0.05) is 6.61 Å². The zero-order valence-corrected chi connectivity index (χ0v) is 9.96. The summed E-state index contributed by atoms with van der Waals surface area (Å²) in [6.45, 7) is 3.43. The molecule has 1 N–H and O–H groups in total. The summed E-state index contributed by atoms with van der Waals surface area (Å²) in [7, 11) is 0. The maximum atomic E-state index is 10.8. The number of carboxylic acid groups (broad SMARTS) is 1. The molecule has 0 amide bonds. The fraction of sp³-hybridized carbons (Fsp3) is 0.462. The molecule has 0 saturated heterocycles. The molecule has 4 nitrogen and oxygen atoms in total. The van der Waals surface area contributed by atoms with Crippen molar-refractivity contribution in [1.29, 1.82) is 0 Å². The van der Waals surface area contributed by atoms with Crippen molar-refractivity contribution in [2.45, 2.75) is 19.4 Å². The zero-order valence-electron chi connectivity index (χ0n) is 9.96. The lowest BCUT2D eigenvalue weighted by Crippen LogP contribution is -2.13. The highest BCUT2D eigenvalue weighted by Gasteiger charge is 2.15. The van der Waals surface area contributed by atoms with Crippen LogP contribution >= 0.6 is 0 Å². The minimum Gasteiger partial charge on any atom is -0.481 e. The quantitative estimate of drug-likeness (QED) is 0.706. The number of ether oxygens (including phenoxy) is 2. The zero-order chi connectivity index (χ0) is 12.5. The summed E-state index contributed by atoms with van der Waals surface area (Å²) in [4.78, 5) is 10.8. The van der Waals surface area contributed by atoms with Gasteiger partial charge in [-0.3, -0.25) is 4.79 Å². The van der Waals surface area contributed by atoms with Crippen molar-refractivity contribution in [2.75, 3.05) is 19.8 Å². The molecule has 0 spiro atoms. The lowest BCUT2D eigenvalue weighted by Gasteiger charge is -2.16. The molecule has 0 fully saturated rings. The average Bonchev–Trinajstić information content (AvgIpc) is 2.34. The van der Waals surface area contributed by atoms with Crippen LogP contribution in [-0.4, -0.2) is 30.9 Å². The number of carboxylic acids is 1. The number of hydrogen-bond acceptors (Lipinski definition) is 3. The molecule has 1 rings (SSSR count). The van der Waals surface area contributed by atoms with Gasteiger partial charge in [0.1, 0.15) is 0 Å². The van der Waals surface area contributed by atoms with Crippen molar-refractivity contribution in [3.8, 4) is 0 Å². The van der Waals surface area contributed by atoms with Gasteiger partial charge in [0.05, 0.1) is 25.7 Å². The summed E-state index contributed by atoms with van der Waals surface area (Å²) in [5.41, 5.74) is 0.881. The molecular weight excluding hydrogens is 220 g/mol. The molecule has 0 bridgehead atoms. The van der Waals surface area contributed by atoms with Crippen molar-refractivity contribution < 1.29 is 19.4 Å². The van der Waals surface area contributed by atoms with Gasteiger partial charge < -0.3 is 14.6 Å². The third kappa shape index (κ3) is 5.47. The second-order valence-electron chi connectivity index (χ2n) is 3.56. The van der Waals surface area contributed by atoms with E-state index in [1.165, 1.54) is 0 Å². The van der Waals surface area contributed by atoms with Crippen LogP contribution in [0, 0.1) is 0 Å². The van der Waals surface area contributed by atoms with Crippen LogP contribution in [-0.2, 0) is 14.3 Å². The van der Waals surface area contributed by atoms with E-state index in [9.17, 15) is 4.79 Å². The first-order chi connectivity index (χ1) is 8.24. The molecule has 1 unspecified atom stereocenters. The first-order valence-electron chi connectivity index (χ1n) is 5.70. The van der Waals surface area contributed by atoms with Crippen LogP contribution in [0.1, 0.15) is 25.0 Å². The summed E-state index contributed by atoms with van der Waals surface area (Å²) >= 11 is 0. The van der Waals surface area contributed by atoms with Crippen LogP contribution in [0.15, 0.2) is 30.3 Å². The van der Waals surface area contributed by atoms with E-state index >= 15 is 0 Å². The van der Waals surface area contributed by atoms with E-state index in [2.05, 4.69) is 0 Å². The van der Waals surface area contributed by atoms with E-state index < -0.39 is 12.1 Å². The van der Waals surface area contributed by atoms with Gasteiger partial charge in [-0.05, 0) is 12.5 Å². The van der Waals surface area contributed by atoms with Crippen LogP contribution in [0.4, 0.5) is 0 Å². The predicted molar refractivity (Wildman–Crippen MR) is 63.9 cm³/mol. The summed E-state index contributed by atoms with van der Waals surface area (Å²) in [6.07, 6.45) is -0.440. The molecule has 0 aliphatic heterocycles. The number of rotatable bonds is 8. The Hall–Kier alpha value is -1.39. The van der Waals surface area contributed by atoms with Crippen molar-refractivity contribution >= 4 is 5.97 Å². The molecule has 1 aromatic rings. The smallest absolute Gasteiger partial charge is 0.306 e. The van der Waals surface area contributed by atoms with Crippen LogP contribution in [0.2, 0.25) is 0 Å². The fourth-order valence-corrected chi connectivity index (χ4v) is 1.49. The Labute approximate surface area is 101 Å². The van der Waals surface area contributed by atoms with Crippen molar-refractivity contribution in [2.24, 2.45) is 0 Å². The maximum absolute atomic E-state index is 10.8. The Morgan fingerprint density at radius 3 is 2.59 bits per heavy atom. The normalized spacial score (nSPS) is 12.3. The Balaban J connectivity index is 2.52. The van der Waals surface area contributed by atoms with Gasteiger partial charge in [0.15, 0.2) is 0 Å². The standard InChI is InChI=1S/C13H18O4/c1-2-16-8-9-17-12(10-13(14)15)11-6-4-3-5-7-11/h3-7,12H,2,8-10H2,1H3,(H,14,15). The highest BCUT2D eigenvalue weighted by atomic mass is 16.5. The molecule has 0 heterocycles. The molecule has 0 saturated carbocycles. The Morgan fingerprint density at radius 1 is 1.29 bits per heavy atom. The fourth-order valence-electron chi connectivity index (χ4n) is 1.49. The SMILES string of the molecule is CCOCCOC(CC(=O)O)c1ccccc1. The lowest BCUT2D eigenvalue weighted by atomic mass is 10.1. The third-order valence-corrected chi connectivity index (χ3v) is 2.28. The van der Waals surface area contributed by atoms with Crippen LogP contribution in [0.25, 0.3) is 0 Å². The Bertz CT molecular complexity index is 323. The molecular formula is C13H18O4. The van der Waals surface area contributed by atoms with E-state index in [1.807, 2.05) is 37.3 Å². The Morgan fingerprint density at radius 2 is 2.00 bits per heavy atom. The van der Waals surface area contributed by atoms with E-state index in [0.717, 1.165) is 5.56 Å². The number of hydrogen-bond donors (Lipinski definition) is 1. The highest BCUT2D eigenvalue weighted by molar-refractivity contribution is 5.67. The molecule has 4 heteroatoms. The van der Waals surface area contributed by atoms with Crippen molar-refractivity contribution in [3.63, 3.8) is 0 Å². The van der Waals surface area contributed by atoms with Crippen LogP contribution in [0.5, 0.6) is 0 Å². The molecule has 0 aliphatic rings. The molecule has 1 atom stereocenters. The van der Waals surface area contributed by atoms with Gasteiger partial charge in [-0.25, -0.2) is 0 Å². The van der Waals surface area contributed by atoms with Gasteiger partial charge >= 0.3 is 5.97 Å². The van der Waals surface area contributed by atoms with Crippen molar-refractivity contribution in [3.05, 3.63) is 35.9 Å². The summed E-state index contributed by atoms with van der Waals surface area (Å²) in [6, 6.07) is 9.37. The monoisotopic (exact) mass is 238 g/mol. The van der Waals surface area contributed by atoms with E-state index in [1.54, 1.807) is 0 Å². The van der Waals surface area contributed by atoms with Gasteiger partial charge in [-0.15, -0.1) is 0 Å². The number of carbonyl (C=O) groups is 1.